The van der Waals surface area contributed by atoms with Gasteiger partial charge in [0.15, 0.2) is 0 Å². The van der Waals surface area contributed by atoms with E-state index in [1.807, 2.05) is 13.8 Å². The molecule has 20 heavy (non-hydrogen) atoms. The number of likely N-dealkylation sites (tertiary alicyclic amines) is 1. The van der Waals surface area contributed by atoms with E-state index in [1.165, 1.54) is 11.3 Å². The average molecular weight is 280 g/mol. The monoisotopic (exact) mass is 280 g/mol. The van der Waals surface area contributed by atoms with E-state index in [4.69, 9.17) is 5.73 Å². The lowest BCUT2D eigenvalue weighted by Gasteiger charge is -2.49. The standard InChI is InChI=1S/C16H28N2O2/c1-3-16(4-2,12-17)18-13(19)10-15(11-14(18)20)8-6-5-7-9-15/h3-12,17H2,1-2H3. The maximum absolute atomic E-state index is 12.7. The first-order valence-corrected chi connectivity index (χ1v) is 8.08. The van der Waals surface area contributed by atoms with Crippen molar-refractivity contribution in [3.05, 3.63) is 0 Å². The SMILES string of the molecule is CCC(CC)(CN)N1C(=O)CC2(CCCCC2)CC1=O. The highest BCUT2D eigenvalue weighted by Crippen LogP contribution is 2.46. The second kappa shape index (κ2) is 5.84. The molecule has 2 fully saturated rings. The van der Waals surface area contributed by atoms with Gasteiger partial charge in [0.05, 0.1) is 5.54 Å². The van der Waals surface area contributed by atoms with Crippen LogP contribution in [0.4, 0.5) is 0 Å². The van der Waals surface area contributed by atoms with Gasteiger partial charge in [0.2, 0.25) is 11.8 Å². The molecule has 4 heteroatoms. The maximum atomic E-state index is 12.7. The van der Waals surface area contributed by atoms with Crippen LogP contribution >= 0.6 is 0 Å². The van der Waals surface area contributed by atoms with Gasteiger partial charge in [-0.25, -0.2) is 0 Å². The number of piperidine rings is 1. The van der Waals surface area contributed by atoms with Gasteiger partial charge in [0.1, 0.15) is 0 Å². The lowest BCUT2D eigenvalue weighted by Crippen LogP contribution is -2.62. The summed E-state index contributed by atoms with van der Waals surface area (Å²) in [5.41, 5.74) is 5.40. The van der Waals surface area contributed by atoms with Crippen molar-refractivity contribution in [2.45, 2.75) is 77.2 Å². The van der Waals surface area contributed by atoms with Gasteiger partial charge in [-0.05, 0) is 31.1 Å². The van der Waals surface area contributed by atoms with Crippen LogP contribution in [-0.4, -0.2) is 28.8 Å². The van der Waals surface area contributed by atoms with Crippen molar-refractivity contribution in [1.82, 2.24) is 4.90 Å². The van der Waals surface area contributed by atoms with Gasteiger partial charge in [-0.15, -0.1) is 0 Å². The second-order valence-corrected chi connectivity index (χ2v) is 6.67. The molecular formula is C16H28N2O2. The molecule has 0 aromatic rings. The molecule has 1 spiro atoms. The molecule has 2 N–H and O–H groups in total. The Morgan fingerprint density at radius 1 is 1.05 bits per heavy atom. The molecule has 2 amide bonds. The molecule has 1 saturated carbocycles. The number of amides is 2. The van der Waals surface area contributed by atoms with E-state index in [0.717, 1.165) is 38.5 Å². The van der Waals surface area contributed by atoms with E-state index in [2.05, 4.69) is 0 Å². The number of hydrogen-bond acceptors (Lipinski definition) is 3. The first kappa shape index (κ1) is 15.5. The normalized spacial score (nSPS) is 23.4. The van der Waals surface area contributed by atoms with Crippen LogP contribution < -0.4 is 5.73 Å². The van der Waals surface area contributed by atoms with Crippen LogP contribution in [0.3, 0.4) is 0 Å². The largest absolute Gasteiger partial charge is 0.328 e. The highest BCUT2D eigenvalue weighted by atomic mass is 16.2. The highest BCUT2D eigenvalue weighted by molar-refractivity contribution is 5.99. The summed E-state index contributed by atoms with van der Waals surface area (Å²) >= 11 is 0. The van der Waals surface area contributed by atoms with Crippen LogP contribution in [0.25, 0.3) is 0 Å². The lowest BCUT2D eigenvalue weighted by molar-refractivity contribution is -0.163. The van der Waals surface area contributed by atoms with Gasteiger partial charge in [-0.3, -0.25) is 14.5 Å². The fraction of sp³-hybridized carbons (Fsp3) is 0.875. The summed E-state index contributed by atoms with van der Waals surface area (Å²) in [4.78, 5) is 26.8. The van der Waals surface area contributed by atoms with Crippen LogP contribution in [0.1, 0.15) is 71.6 Å². The minimum atomic E-state index is -0.468. The molecule has 1 aliphatic heterocycles. The van der Waals surface area contributed by atoms with Crippen molar-refractivity contribution in [2.24, 2.45) is 11.1 Å². The summed E-state index contributed by atoms with van der Waals surface area (Å²) < 4.78 is 0. The summed E-state index contributed by atoms with van der Waals surface area (Å²) in [6, 6.07) is 0. The van der Waals surface area contributed by atoms with Crippen LogP contribution in [0.5, 0.6) is 0 Å². The van der Waals surface area contributed by atoms with Gasteiger partial charge in [-0.1, -0.05) is 33.1 Å². The molecule has 0 radical (unpaired) electrons. The first-order valence-electron chi connectivity index (χ1n) is 8.08. The minimum Gasteiger partial charge on any atom is -0.328 e. The van der Waals surface area contributed by atoms with Crippen molar-refractivity contribution < 1.29 is 9.59 Å². The Kier molecular flexibility index (Phi) is 4.52. The molecular weight excluding hydrogens is 252 g/mol. The molecule has 0 atom stereocenters. The predicted octanol–water partition coefficient (Wildman–Crippen LogP) is 2.60. The van der Waals surface area contributed by atoms with Gasteiger partial charge in [-0.2, -0.15) is 0 Å². The Hall–Kier alpha value is -0.900. The van der Waals surface area contributed by atoms with E-state index >= 15 is 0 Å². The summed E-state index contributed by atoms with van der Waals surface area (Å²) in [7, 11) is 0. The zero-order valence-electron chi connectivity index (χ0n) is 12.9. The van der Waals surface area contributed by atoms with Crippen molar-refractivity contribution >= 4 is 11.8 Å². The van der Waals surface area contributed by atoms with Crippen LogP contribution in [0, 0.1) is 5.41 Å². The van der Waals surface area contributed by atoms with Crippen molar-refractivity contribution in [3.8, 4) is 0 Å². The Labute approximate surface area is 122 Å². The number of nitrogens with two attached hydrogens (primary N) is 1. The Morgan fingerprint density at radius 2 is 1.55 bits per heavy atom. The molecule has 1 heterocycles. The molecule has 1 aliphatic carbocycles. The molecule has 0 unspecified atom stereocenters. The third-order valence-electron chi connectivity index (χ3n) is 5.64. The summed E-state index contributed by atoms with van der Waals surface area (Å²) in [5, 5.41) is 0. The quantitative estimate of drug-likeness (QED) is 0.805. The molecule has 2 rings (SSSR count). The van der Waals surface area contributed by atoms with E-state index in [0.29, 0.717) is 19.4 Å². The zero-order chi connectivity index (χ0) is 14.8. The third-order valence-corrected chi connectivity index (χ3v) is 5.64. The van der Waals surface area contributed by atoms with Crippen LogP contribution in [0.15, 0.2) is 0 Å². The van der Waals surface area contributed by atoms with Crippen LogP contribution in [-0.2, 0) is 9.59 Å². The summed E-state index contributed by atoms with van der Waals surface area (Å²) in [6.07, 6.45) is 8.19. The van der Waals surface area contributed by atoms with E-state index in [-0.39, 0.29) is 17.2 Å². The molecule has 1 saturated heterocycles. The molecule has 2 aliphatic rings. The van der Waals surface area contributed by atoms with Gasteiger partial charge < -0.3 is 5.73 Å². The predicted molar refractivity (Wildman–Crippen MR) is 79.0 cm³/mol. The highest BCUT2D eigenvalue weighted by Gasteiger charge is 2.49. The average Bonchev–Trinajstić information content (AvgIpc) is 2.44. The molecule has 0 bridgehead atoms. The van der Waals surface area contributed by atoms with Crippen LogP contribution in [0.2, 0.25) is 0 Å². The molecule has 4 nitrogen and oxygen atoms in total. The fourth-order valence-corrected chi connectivity index (χ4v) is 4.13. The molecule has 0 aromatic carbocycles. The third kappa shape index (κ3) is 2.50. The number of carbonyl (C=O) groups excluding carboxylic acids is 2. The maximum Gasteiger partial charge on any atom is 0.230 e. The number of nitrogens with zero attached hydrogens (tertiary/aromatic N) is 1. The van der Waals surface area contributed by atoms with Gasteiger partial charge in [0, 0.05) is 19.4 Å². The first-order chi connectivity index (χ1) is 9.52. The fourth-order valence-electron chi connectivity index (χ4n) is 4.13. The van der Waals surface area contributed by atoms with E-state index in [1.54, 1.807) is 0 Å². The second-order valence-electron chi connectivity index (χ2n) is 6.67. The molecule has 114 valence electrons. The number of imide groups is 1. The van der Waals surface area contributed by atoms with Crippen molar-refractivity contribution in [2.75, 3.05) is 6.54 Å². The van der Waals surface area contributed by atoms with Crippen molar-refractivity contribution in [3.63, 3.8) is 0 Å². The smallest absolute Gasteiger partial charge is 0.230 e. The van der Waals surface area contributed by atoms with Gasteiger partial charge in [0.25, 0.3) is 0 Å². The number of hydrogen-bond donors (Lipinski definition) is 1. The topological polar surface area (TPSA) is 63.4 Å². The minimum absolute atomic E-state index is 0.0114. The van der Waals surface area contributed by atoms with E-state index in [9.17, 15) is 9.59 Å². The lowest BCUT2D eigenvalue weighted by atomic mass is 9.67. The summed E-state index contributed by atoms with van der Waals surface area (Å²) in [6.45, 7) is 4.40. The zero-order valence-corrected chi connectivity index (χ0v) is 12.9. The number of rotatable bonds is 4. The Balaban J connectivity index is 2.23. The summed E-state index contributed by atoms with van der Waals surface area (Å²) in [5.74, 6) is 0.0228. The number of carbonyl (C=O) groups is 2. The van der Waals surface area contributed by atoms with E-state index < -0.39 is 5.54 Å². The molecule has 0 aromatic heterocycles. The Bertz CT molecular complexity index is 354. The Morgan fingerprint density at radius 3 is 1.95 bits per heavy atom. The van der Waals surface area contributed by atoms with Crippen molar-refractivity contribution in [1.29, 1.82) is 0 Å². The van der Waals surface area contributed by atoms with Gasteiger partial charge >= 0.3 is 0 Å².